The maximum Gasteiger partial charge on any atom is 0.258 e. The molecule has 0 saturated heterocycles. The molecule has 0 bridgehead atoms. The van der Waals surface area contributed by atoms with E-state index < -0.39 is 0 Å². The molecule has 0 saturated carbocycles. The van der Waals surface area contributed by atoms with Crippen LogP contribution >= 0.6 is 15.9 Å². The maximum absolute atomic E-state index is 12.0. The number of nitrogens with one attached hydrogen (secondary N) is 1. The average molecular weight is 308 g/mol. The Morgan fingerprint density at radius 2 is 1.78 bits per heavy atom. The molecule has 2 aromatic rings. The number of hydrogen-bond acceptors (Lipinski definition) is 2. The second-order valence-electron chi connectivity index (χ2n) is 4.32. The zero-order valence-corrected chi connectivity index (χ0v) is 12.1. The monoisotopic (exact) mass is 307 g/mol. The third-order valence-electron chi connectivity index (χ3n) is 2.69. The molecule has 2 rings (SSSR count). The van der Waals surface area contributed by atoms with E-state index in [-0.39, 0.29) is 5.91 Å². The van der Waals surface area contributed by atoms with Gasteiger partial charge in [-0.2, -0.15) is 0 Å². The van der Waals surface area contributed by atoms with E-state index >= 15 is 0 Å². The van der Waals surface area contributed by atoms with Gasteiger partial charge in [0, 0.05) is 10.2 Å². The molecule has 1 N–H and O–H groups in total. The van der Waals surface area contributed by atoms with Gasteiger partial charge in [-0.3, -0.25) is 4.79 Å². The lowest BCUT2D eigenvalue weighted by Gasteiger charge is -2.08. The number of aryl methyl sites for hydroxylation is 3. The summed E-state index contributed by atoms with van der Waals surface area (Å²) >= 11 is 3.50. The van der Waals surface area contributed by atoms with Crippen molar-refractivity contribution in [3.8, 4) is 0 Å². The van der Waals surface area contributed by atoms with Gasteiger partial charge in [-0.1, -0.05) is 15.9 Å². The zero-order valence-electron chi connectivity index (χ0n) is 10.5. The van der Waals surface area contributed by atoms with Crippen LogP contribution in [0.3, 0.4) is 0 Å². The zero-order chi connectivity index (χ0) is 13.3. The van der Waals surface area contributed by atoms with E-state index in [1.54, 1.807) is 6.07 Å². The molecule has 0 spiro atoms. The molecule has 0 aliphatic rings. The van der Waals surface area contributed by atoms with Crippen molar-refractivity contribution in [1.29, 1.82) is 0 Å². The molecule has 1 amide bonds. The first-order valence-electron chi connectivity index (χ1n) is 5.60. The standard InChI is InChI=1S/C14H14BrNO2/c1-8-4-12(5-9(2)13(8)15)16-14(17)11-6-10(3)18-7-11/h4-7H,1-3H3,(H,16,17). The highest BCUT2D eigenvalue weighted by Crippen LogP contribution is 2.25. The minimum Gasteiger partial charge on any atom is -0.469 e. The minimum atomic E-state index is -0.159. The Hall–Kier alpha value is -1.55. The number of furan rings is 1. The van der Waals surface area contributed by atoms with Gasteiger partial charge in [-0.25, -0.2) is 0 Å². The van der Waals surface area contributed by atoms with Crippen molar-refractivity contribution in [3.63, 3.8) is 0 Å². The van der Waals surface area contributed by atoms with Crippen LogP contribution in [-0.4, -0.2) is 5.91 Å². The van der Waals surface area contributed by atoms with E-state index in [0.717, 1.165) is 27.0 Å². The van der Waals surface area contributed by atoms with Crippen molar-refractivity contribution in [1.82, 2.24) is 0 Å². The van der Waals surface area contributed by atoms with E-state index in [0.29, 0.717) is 5.56 Å². The third-order valence-corrected chi connectivity index (χ3v) is 3.94. The number of halogens is 1. The Labute approximate surface area is 114 Å². The molecule has 94 valence electrons. The van der Waals surface area contributed by atoms with Gasteiger partial charge in [0.15, 0.2) is 0 Å². The van der Waals surface area contributed by atoms with Gasteiger partial charge in [-0.15, -0.1) is 0 Å². The van der Waals surface area contributed by atoms with Gasteiger partial charge < -0.3 is 9.73 Å². The summed E-state index contributed by atoms with van der Waals surface area (Å²) in [5.41, 5.74) is 3.50. The van der Waals surface area contributed by atoms with Crippen LogP contribution in [0.4, 0.5) is 5.69 Å². The van der Waals surface area contributed by atoms with E-state index in [1.165, 1.54) is 6.26 Å². The van der Waals surface area contributed by atoms with Crippen LogP contribution in [0.25, 0.3) is 0 Å². The molecule has 1 aromatic heterocycles. The average Bonchev–Trinajstić information content (AvgIpc) is 2.72. The summed E-state index contributed by atoms with van der Waals surface area (Å²) in [6.07, 6.45) is 1.46. The molecule has 1 aromatic carbocycles. The fourth-order valence-electron chi connectivity index (χ4n) is 1.78. The summed E-state index contributed by atoms with van der Waals surface area (Å²) in [5.74, 6) is 0.566. The number of benzene rings is 1. The smallest absolute Gasteiger partial charge is 0.258 e. The predicted octanol–water partition coefficient (Wildman–Crippen LogP) is 4.22. The van der Waals surface area contributed by atoms with E-state index in [1.807, 2.05) is 32.9 Å². The third kappa shape index (κ3) is 2.64. The summed E-state index contributed by atoms with van der Waals surface area (Å²) in [7, 11) is 0. The fraction of sp³-hybridized carbons (Fsp3) is 0.214. The van der Waals surface area contributed by atoms with Gasteiger partial charge in [0.1, 0.15) is 12.0 Å². The molecule has 0 unspecified atom stereocenters. The first-order valence-corrected chi connectivity index (χ1v) is 6.40. The van der Waals surface area contributed by atoms with E-state index in [2.05, 4.69) is 21.2 Å². The Balaban J connectivity index is 2.22. The topological polar surface area (TPSA) is 42.2 Å². The molecule has 0 aliphatic carbocycles. The number of rotatable bonds is 2. The highest BCUT2D eigenvalue weighted by molar-refractivity contribution is 9.10. The van der Waals surface area contributed by atoms with Crippen molar-refractivity contribution in [3.05, 3.63) is 51.4 Å². The van der Waals surface area contributed by atoms with Crippen LogP contribution in [0.2, 0.25) is 0 Å². The first kappa shape index (κ1) is 12.9. The number of anilines is 1. The molecule has 18 heavy (non-hydrogen) atoms. The van der Waals surface area contributed by atoms with Crippen molar-refractivity contribution in [2.24, 2.45) is 0 Å². The van der Waals surface area contributed by atoms with Gasteiger partial charge in [0.2, 0.25) is 0 Å². The maximum atomic E-state index is 12.0. The van der Waals surface area contributed by atoms with Gasteiger partial charge in [-0.05, 0) is 50.1 Å². The second-order valence-corrected chi connectivity index (χ2v) is 5.12. The van der Waals surface area contributed by atoms with Crippen LogP contribution in [0.5, 0.6) is 0 Å². The van der Waals surface area contributed by atoms with Crippen molar-refractivity contribution >= 4 is 27.5 Å². The molecule has 0 radical (unpaired) electrons. The lowest BCUT2D eigenvalue weighted by atomic mass is 10.1. The number of hydrogen-bond donors (Lipinski definition) is 1. The van der Waals surface area contributed by atoms with Crippen molar-refractivity contribution in [2.45, 2.75) is 20.8 Å². The summed E-state index contributed by atoms with van der Waals surface area (Å²) in [4.78, 5) is 12.0. The fourth-order valence-corrected chi connectivity index (χ4v) is 2.01. The van der Waals surface area contributed by atoms with Gasteiger partial charge >= 0.3 is 0 Å². The number of carbonyl (C=O) groups excluding carboxylic acids is 1. The SMILES string of the molecule is Cc1cc(C(=O)Nc2cc(C)c(Br)c(C)c2)co1. The molecule has 0 atom stereocenters. The van der Waals surface area contributed by atoms with Crippen molar-refractivity contribution in [2.75, 3.05) is 5.32 Å². The first-order chi connectivity index (χ1) is 8.47. The number of amides is 1. The summed E-state index contributed by atoms with van der Waals surface area (Å²) in [6, 6.07) is 5.58. The second kappa shape index (κ2) is 4.98. The highest BCUT2D eigenvalue weighted by Gasteiger charge is 2.10. The Morgan fingerprint density at radius 1 is 1.17 bits per heavy atom. The molecular weight excluding hydrogens is 294 g/mol. The van der Waals surface area contributed by atoms with Crippen LogP contribution in [0, 0.1) is 20.8 Å². The lowest BCUT2D eigenvalue weighted by molar-refractivity contribution is 0.102. The van der Waals surface area contributed by atoms with Crippen LogP contribution < -0.4 is 5.32 Å². The molecule has 3 nitrogen and oxygen atoms in total. The molecular formula is C14H14BrNO2. The summed E-state index contributed by atoms with van der Waals surface area (Å²) in [6.45, 7) is 5.80. The quantitative estimate of drug-likeness (QED) is 0.902. The largest absolute Gasteiger partial charge is 0.469 e. The summed E-state index contributed by atoms with van der Waals surface area (Å²) < 4.78 is 6.19. The van der Waals surface area contributed by atoms with Crippen LogP contribution in [-0.2, 0) is 0 Å². The van der Waals surface area contributed by atoms with E-state index in [9.17, 15) is 4.79 Å². The molecule has 1 heterocycles. The lowest BCUT2D eigenvalue weighted by Crippen LogP contribution is -2.11. The molecule has 4 heteroatoms. The molecule has 0 fully saturated rings. The predicted molar refractivity (Wildman–Crippen MR) is 75.0 cm³/mol. The van der Waals surface area contributed by atoms with Crippen molar-refractivity contribution < 1.29 is 9.21 Å². The Kier molecular flexibility index (Phi) is 3.57. The minimum absolute atomic E-state index is 0.159. The van der Waals surface area contributed by atoms with Crippen LogP contribution in [0.1, 0.15) is 27.2 Å². The van der Waals surface area contributed by atoms with Crippen LogP contribution in [0.15, 0.2) is 33.4 Å². The summed E-state index contributed by atoms with van der Waals surface area (Å²) in [5, 5.41) is 2.86. The van der Waals surface area contributed by atoms with Gasteiger partial charge in [0.05, 0.1) is 5.56 Å². The Morgan fingerprint density at radius 3 is 2.28 bits per heavy atom. The van der Waals surface area contributed by atoms with Gasteiger partial charge in [0.25, 0.3) is 5.91 Å². The highest BCUT2D eigenvalue weighted by atomic mass is 79.9. The van der Waals surface area contributed by atoms with E-state index in [4.69, 9.17) is 4.42 Å². The number of carbonyl (C=O) groups is 1. The Bertz CT molecular complexity index is 579. The molecule has 0 aliphatic heterocycles. The normalized spacial score (nSPS) is 10.4.